The van der Waals surface area contributed by atoms with Crippen LogP contribution >= 0.6 is 15.9 Å². The molecule has 0 fully saturated rings. The van der Waals surface area contributed by atoms with Crippen LogP contribution in [0, 0.1) is 13.8 Å². The van der Waals surface area contributed by atoms with Crippen LogP contribution in [-0.2, 0) is 10.4 Å². The number of carbonyl (C=O) groups is 1. The number of hydrogen-bond acceptors (Lipinski definition) is 5. The molecule has 3 aromatic rings. The van der Waals surface area contributed by atoms with Crippen molar-refractivity contribution in [2.45, 2.75) is 19.4 Å². The van der Waals surface area contributed by atoms with E-state index in [-0.39, 0.29) is 17.1 Å². The predicted molar refractivity (Wildman–Crippen MR) is 119 cm³/mol. The molecule has 154 valence electrons. The first-order chi connectivity index (χ1) is 14.3. The number of hydrazone groups is 1. The summed E-state index contributed by atoms with van der Waals surface area (Å²) in [6.45, 7) is 3.25. The van der Waals surface area contributed by atoms with Gasteiger partial charge in [0.05, 0.1) is 10.7 Å². The molecule has 1 amide bonds. The van der Waals surface area contributed by atoms with E-state index in [0.29, 0.717) is 26.7 Å². The van der Waals surface area contributed by atoms with E-state index >= 15 is 0 Å². The van der Waals surface area contributed by atoms with E-state index in [4.69, 9.17) is 0 Å². The first-order valence-electron chi connectivity index (χ1n) is 9.16. The normalized spacial score (nSPS) is 11.6. The van der Waals surface area contributed by atoms with Gasteiger partial charge in [0.15, 0.2) is 5.60 Å². The third-order valence-corrected chi connectivity index (χ3v) is 5.95. The van der Waals surface area contributed by atoms with E-state index in [1.54, 1.807) is 74.5 Å². The molecule has 7 heteroatoms. The van der Waals surface area contributed by atoms with Gasteiger partial charge in [0.25, 0.3) is 5.91 Å². The smallest absolute Gasteiger partial charge is 0.281 e. The molecule has 30 heavy (non-hydrogen) atoms. The fourth-order valence-electron chi connectivity index (χ4n) is 3.13. The molecule has 0 unspecified atom stereocenters. The summed E-state index contributed by atoms with van der Waals surface area (Å²) in [5, 5.41) is 35.7. The van der Waals surface area contributed by atoms with Crippen LogP contribution in [0.1, 0.15) is 27.8 Å². The zero-order valence-corrected chi connectivity index (χ0v) is 18.0. The van der Waals surface area contributed by atoms with Crippen molar-refractivity contribution < 1.29 is 20.1 Å². The van der Waals surface area contributed by atoms with Crippen LogP contribution in [0.25, 0.3) is 0 Å². The highest BCUT2D eigenvalue weighted by atomic mass is 79.9. The van der Waals surface area contributed by atoms with Gasteiger partial charge >= 0.3 is 0 Å². The Kier molecular flexibility index (Phi) is 6.24. The van der Waals surface area contributed by atoms with Gasteiger partial charge in [-0.05, 0) is 46.5 Å². The summed E-state index contributed by atoms with van der Waals surface area (Å²) in [6, 6.07) is 17.2. The highest BCUT2D eigenvalue weighted by Crippen LogP contribution is 2.39. The number of nitrogens with one attached hydrogen (secondary N) is 1. The molecule has 0 aliphatic carbocycles. The first kappa shape index (κ1) is 21.5. The monoisotopic (exact) mass is 468 g/mol. The van der Waals surface area contributed by atoms with Gasteiger partial charge in [0.1, 0.15) is 11.5 Å². The minimum atomic E-state index is -1.96. The van der Waals surface area contributed by atoms with Crippen LogP contribution in [-0.4, -0.2) is 27.4 Å². The molecule has 6 nitrogen and oxygen atoms in total. The van der Waals surface area contributed by atoms with Gasteiger partial charge in [-0.25, -0.2) is 5.43 Å². The van der Waals surface area contributed by atoms with Gasteiger partial charge in [-0.3, -0.25) is 4.79 Å². The second-order valence-electron chi connectivity index (χ2n) is 6.82. The maximum atomic E-state index is 13.0. The highest BCUT2D eigenvalue weighted by molar-refractivity contribution is 9.10. The van der Waals surface area contributed by atoms with Crippen LogP contribution in [0.2, 0.25) is 0 Å². The lowest BCUT2D eigenvalue weighted by atomic mass is 9.85. The summed E-state index contributed by atoms with van der Waals surface area (Å²) < 4.78 is 0.427. The van der Waals surface area contributed by atoms with Gasteiger partial charge in [-0.2, -0.15) is 5.10 Å². The number of rotatable bonds is 5. The average molecular weight is 469 g/mol. The predicted octanol–water partition coefficient (Wildman–Crippen LogP) is 3.86. The number of nitrogens with zero attached hydrogens (tertiary/aromatic N) is 1. The number of amides is 1. The molecule has 0 aliphatic rings. The molecule has 3 rings (SSSR count). The SMILES string of the molecule is Cc1c(O)c(Br)c(C)c(/C=N/NC(=O)C(O)(c2ccccc2)c2ccccc2)c1O. The average Bonchev–Trinajstić information content (AvgIpc) is 2.79. The number of benzene rings is 3. The number of phenolic OH excluding ortho intramolecular Hbond substituents is 2. The number of phenols is 2. The minimum absolute atomic E-state index is 0.0614. The summed E-state index contributed by atoms with van der Waals surface area (Å²) in [5.41, 5.74) is 2.37. The third kappa shape index (κ3) is 3.81. The zero-order valence-electron chi connectivity index (χ0n) is 16.4. The Labute approximate surface area is 182 Å². The standard InChI is InChI=1S/C23H21BrN2O4/c1-14-18(20(27)15(2)21(28)19(14)24)13-25-26-22(29)23(30,16-9-5-3-6-10-16)17-11-7-4-8-12-17/h3-13,27-28,30H,1-2H3,(H,26,29)/b25-13+. The van der Waals surface area contributed by atoms with Crippen molar-refractivity contribution in [1.82, 2.24) is 5.43 Å². The maximum Gasteiger partial charge on any atom is 0.281 e. The maximum absolute atomic E-state index is 13.0. The molecular formula is C23H21BrN2O4. The number of aliphatic hydroxyl groups is 1. The molecule has 0 aliphatic heterocycles. The van der Waals surface area contributed by atoms with E-state index in [0.717, 1.165) is 0 Å². The lowest BCUT2D eigenvalue weighted by molar-refractivity contribution is -0.136. The van der Waals surface area contributed by atoms with Crippen molar-refractivity contribution in [2.24, 2.45) is 5.10 Å². The Balaban J connectivity index is 1.96. The topological polar surface area (TPSA) is 102 Å². The molecular weight excluding hydrogens is 448 g/mol. The fourth-order valence-corrected chi connectivity index (χ4v) is 3.65. The van der Waals surface area contributed by atoms with E-state index in [1.165, 1.54) is 6.21 Å². The van der Waals surface area contributed by atoms with Gasteiger partial charge in [0.2, 0.25) is 0 Å². The number of aromatic hydroxyl groups is 2. The summed E-state index contributed by atoms with van der Waals surface area (Å²) in [7, 11) is 0. The molecule has 3 aromatic carbocycles. The quantitative estimate of drug-likeness (QED) is 0.337. The number of halogens is 1. The van der Waals surface area contributed by atoms with Gasteiger partial charge < -0.3 is 15.3 Å². The van der Waals surface area contributed by atoms with Crippen molar-refractivity contribution in [1.29, 1.82) is 0 Å². The van der Waals surface area contributed by atoms with Crippen LogP contribution < -0.4 is 5.43 Å². The Morgan fingerprint density at radius 3 is 1.93 bits per heavy atom. The summed E-state index contributed by atoms with van der Waals surface area (Å²) in [4.78, 5) is 13.0. The fraction of sp³-hybridized carbons (Fsp3) is 0.130. The zero-order chi connectivity index (χ0) is 21.9. The van der Waals surface area contributed by atoms with Gasteiger partial charge in [-0.15, -0.1) is 0 Å². The molecule has 0 saturated carbocycles. The van der Waals surface area contributed by atoms with Crippen molar-refractivity contribution in [2.75, 3.05) is 0 Å². The lowest BCUT2D eigenvalue weighted by Crippen LogP contribution is -2.43. The molecule has 0 aromatic heterocycles. The summed E-state index contributed by atoms with van der Waals surface area (Å²) in [6.07, 6.45) is 1.27. The van der Waals surface area contributed by atoms with Gasteiger partial charge in [-0.1, -0.05) is 60.7 Å². The molecule has 0 heterocycles. The second-order valence-corrected chi connectivity index (χ2v) is 7.61. The van der Waals surface area contributed by atoms with E-state index in [9.17, 15) is 20.1 Å². The lowest BCUT2D eigenvalue weighted by Gasteiger charge is -2.27. The first-order valence-corrected chi connectivity index (χ1v) is 9.95. The Morgan fingerprint density at radius 2 is 1.43 bits per heavy atom. The van der Waals surface area contributed by atoms with Crippen LogP contribution in [0.5, 0.6) is 11.5 Å². The van der Waals surface area contributed by atoms with Crippen LogP contribution in [0.15, 0.2) is 70.2 Å². The summed E-state index contributed by atoms with van der Waals surface area (Å²) in [5.74, 6) is -0.954. The molecule has 0 spiro atoms. The Hall–Kier alpha value is -3.16. The summed E-state index contributed by atoms with van der Waals surface area (Å²) >= 11 is 3.28. The largest absolute Gasteiger partial charge is 0.507 e. The van der Waals surface area contributed by atoms with E-state index in [2.05, 4.69) is 26.5 Å². The Morgan fingerprint density at radius 1 is 0.933 bits per heavy atom. The molecule has 4 N–H and O–H groups in total. The molecule has 0 radical (unpaired) electrons. The van der Waals surface area contributed by atoms with Crippen molar-refractivity contribution in [3.8, 4) is 11.5 Å². The van der Waals surface area contributed by atoms with Crippen LogP contribution in [0.3, 0.4) is 0 Å². The number of hydrogen-bond donors (Lipinski definition) is 4. The van der Waals surface area contributed by atoms with E-state index < -0.39 is 11.5 Å². The van der Waals surface area contributed by atoms with Crippen LogP contribution in [0.4, 0.5) is 0 Å². The van der Waals surface area contributed by atoms with E-state index in [1.807, 2.05) is 0 Å². The second kappa shape index (κ2) is 8.69. The molecule has 0 atom stereocenters. The minimum Gasteiger partial charge on any atom is -0.507 e. The molecule has 0 bridgehead atoms. The number of carbonyl (C=O) groups excluding carboxylic acids is 1. The van der Waals surface area contributed by atoms with Crippen molar-refractivity contribution in [3.05, 3.63) is 93.0 Å². The van der Waals surface area contributed by atoms with Gasteiger partial charge in [0, 0.05) is 11.1 Å². The third-order valence-electron chi connectivity index (χ3n) is 4.98. The molecule has 0 saturated heterocycles. The highest BCUT2D eigenvalue weighted by Gasteiger charge is 2.39. The Bertz CT molecular complexity index is 1030. The van der Waals surface area contributed by atoms with Crippen molar-refractivity contribution in [3.63, 3.8) is 0 Å². The van der Waals surface area contributed by atoms with Crippen molar-refractivity contribution >= 4 is 28.1 Å².